The average Bonchev–Trinajstić information content (AvgIpc) is 2.29. The maximum atomic E-state index is 11.6. The second-order valence-corrected chi connectivity index (χ2v) is 4.08. The summed E-state index contributed by atoms with van der Waals surface area (Å²) in [7, 11) is 0. The van der Waals surface area contributed by atoms with E-state index in [4.69, 9.17) is 10.5 Å². The molecule has 1 aliphatic heterocycles. The molecule has 1 heterocycles. The molecule has 2 unspecified atom stereocenters. The van der Waals surface area contributed by atoms with Gasteiger partial charge in [-0.3, -0.25) is 9.59 Å². The first-order valence-corrected chi connectivity index (χ1v) is 5.70. The van der Waals surface area contributed by atoms with E-state index < -0.39 is 5.91 Å². The van der Waals surface area contributed by atoms with E-state index in [0.29, 0.717) is 19.1 Å². The van der Waals surface area contributed by atoms with Crippen molar-refractivity contribution in [1.82, 2.24) is 16.0 Å². The normalized spacial score (nSPS) is 24.3. The molecule has 0 bridgehead atoms. The molecule has 0 aliphatic carbocycles. The number of carbonyl (C=O) groups is 2. The first-order valence-electron chi connectivity index (χ1n) is 5.70. The largest absolute Gasteiger partial charge is 0.370 e. The summed E-state index contributed by atoms with van der Waals surface area (Å²) < 4.78 is 4.92. The first-order chi connectivity index (χ1) is 8.09. The minimum atomic E-state index is -0.511. The number of amides is 2. The second-order valence-electron chi connectivity index (χ2n) is 4.08. The molecule has 5 N–H and O–H groups in total. The zero-order valence-corrected chi connectivity index (χ0v) is 9.99. The Morgan fingerprint density at radius 1 is 1.41 bits per heavy atom. The fraction of sp³-hybridized carbons (Fsp3) is 0.800. The van der Waals surface area contributed by atoms with Gasteiger partial charge in [-0.15, -0.1) is 0 Å². The molecule has 17 heavy (non-hydrogen) atoms. The molecule has 0 aromatic heterocycles. The number of nitrogens with two attached hydrogens (primary N) is 1. The molecule has 1 fully saturated rings. The van der Waals surface area contributed by atoms with Crippen molar-refractivity contribution in [2.45, 2.75) is 19.0 Å². The summed E-state index contributed by atoms with van der Waals surface area (Å²) in [6, 6.07) is 0.181. The number of piperazine rings is 1. The highest BCUT2D eigenvalue weighted by molar-refractivity contribution is 5.82. The number of carbonyl (C=O) groups excluding carboxylic acids is 2. The molecule has 0 aromatic carbocycles. The minimum Gasteiger partial charge on any atom is -0.370 e. The summed E-state index contributed by atoms with van der Waals surface area (Å²) in [4.78, 5) is 22.0. The zero-order chi connectivity index (χ0) is 12.7. The van der Waals surface area contributed by atoms with Gasteiger partial charge in [0.15, 0.2) is 0 Å². The lowest BCUT2D eigenvalue weighted by Crippen LogP contribution is -2.59. The molecule has 7 nitrogen and oxygen atoms in total. The van der Waals surface area contributed by atoms with Gasteiger partial charge in [0.2, 0.25) is 11.8 Å². The highest BCUT2D eigenvalue weighted by atomic mass is 16.5. The Bertz CT molecular complexity index is 264. The summed E-state index contributed by atoms with van der Waals surface area (Å²) >= 11 is 0. The third kappa shape index (κ3) is 5.62. The van der Waals surface area contributed by atoms with Crippen molar-refractivity contribution < 1.29 is 14.3 Å². The van der Waals surface area contributed by atoms with Gasteiger partial charge in [0, 0.05) is 25.7 Å². The van der Waals surface area contributed by atoms with Crippen LogP contribution in [0.1, 0.15) is 6.92 Å². The Balaban J connectivity index is 2.06. The molecule has 1 rings (SSSR count). The molecular formula is C10H20N4O3. The van der Waals surface area contributed by atoms with E-state index in [-0.39, 0.29) is 25.2 Å². The fourth-order valence-electron chi connectivity index (χ4n) is 1.51. The fourth-order valence-corrected chi connectivity index (χ4v) is 1.51. The number of primary amides is 1. The Labute approximate surface area is 100 Å². The molecule has 7 heteroatoms. The van der Waals surface area contributed by atoms with Crippen molar-refractivity contribution in [1.29, 1.82) is 0 Å². The highest BCUT2D eigenvalue weighted by Gasteiger charge is 2.22. The van der Waals surface area contributed by atoms with Crippen molar-refractivity contribution in [2.24, 2.45) is 5.73 Å². The van der Waals surface area contributed by atoms with Gasteiger partial charge in [0.05, 0.1) is 12.6 Å². The van der Waals surface area contributed by atoms with E-state index in [0.717, 1.165) is 6.54 Å². The van der Waals surface area contributed by atoms with E-state index in [1.807, 2.05) is 0 Å². The van der Waals surface area contributed by atoms with Gasteiger partial charge in [-0.25, -0.2) is 0 Å². The summed E-state index contributed by atoms with van der Waals surface area (Å²) in [6.07, 6.45) is 0. The maximum absolute atomic E-state index is 11.6. The Morgan fingerprint density at radius 2 is 2.18 bits per heavy atom. The smallest absolute Gasteiger partial charge is 0.243 e. The van der Waals surface area contributed by atoms with E-state index in [1.165, 1.54) is 0 Å². The Morgan fingerprint density at radius 3 is 2.76 bits per heavy atom. The molecule has 1 aliphatic rings. The third-order valence-electron chi connectivity index (χ3n) is 2.45. The van der Waals surface area contributed by atoms with Crippen LogP contribution in [0.3, 0.4) is 0 Å². The standard InChI is InChI=1S/C10H20N4O3/c1-7-4-14-8(5-13-7)10(16)12-2-3-17-6-9(11)15/h7-8,13-14H,2-6H2,1H3,(H2,11,15)(H,12,16). The van der Waals surface area contributed by atoms with Gasteiger partial charge < -0.3 is 26.4 Å². The van der Waals surface area contributed by atoms with E-state index in [1.54, 1.807) is 0 Å². The van der Waals surface area contributed by atoms with Crippen LogP contribution < -0.4 is 21.7 Å². The van der Waals surface area contributed by atoms with Gasteiger partial charge in [-0.1, -0.05) is 0 Å². The number of ether oxygens (including phenoxy) is 1. The predicted molar refractivity (Wildman–Crippen MR) is 62.3 cm³/mol. The molecular weight excluding hydrogens is 224 g/mol. The zero-order valence-electron chi connectivity index (χ0n) is 9.99. The SMILES string of the molecule is CC1CNC(C(=O)NCCOCC(N)=O)CN1. The van der Waals surface area contributed by atoms with Crippen molar-refractivity contribution in [3.63, 3.8) is 0 Å². The van der Waals surface area contributed by atoms with Crippen LogP contribution >= 0.6 is 0 Å². The van der Waals surface area contributed by atoms with Gasteiger partial charge in [-0.05, 0) is 6.92 Å². The van der Waals surface area contributed by atoms with Crippen molar-refractivity contribution >= 4 is 11.8 Å². The van der Waals surface area contributed by atoms with Crippen LogP contribution in [0.4, 0.5) is 0 Å². The van der Waals surface area contributed by atoms with Crippen LogP contribution in [0.2, 0.25) is 0 Å². The van der Waals surface area contributed by atoms with Crippen LogP contribution in [0.25, 0.3) is 0 Å². The lowest BCUT2D eigenvalue weighted by Gasteiger charge is -2.28. The number of nitrogens with one attached hydrogen (secondary N) is 3. The number of hydrogen-bond donors (Lipinski definition) is 4. The van der Waals surface area contributed by atoms with Gasteiger partial charge >= 0.3 is 0 Å². The lowest BCUT2D eigenvalue weighted by atomic mass is 10.1. The van der Waals surface area contributed by atoms with Crippen LogP contribution in [0, 0.1) is 0 Å². The van der Waals surface area contributed by atoms with Gasteiger partial charge in [-0.2, -0.15) is 0 Å². The Kier molecular flexibility index (Phi) is 5.88. The van der Waals surface area contributed by atoms with Crippen LogP contribution in [-0.4, -0.2) is 56.7 Å². The monoisotopic (exact) mass is 244 g/mol. The summed E-state index contributed by atoms with van der Waals surface area (Å²) in [5.74, 6) is -0.574. The molecule has 0 aromatic rings. The van der Waals surface area contributed by atoms with Gasteiger partial charge in [0.25, 0.3) is 0 Å². The molecule has 2 amide bonds. The molecule has 0 spiro atoms. The predicted octanol–water partition coefficient (Wildman–Crippen LogP) is -2.45. The summed E-state index contributed by atoms with van der Waals surface area (Å²) in [6.45, 7) is 3.99. The van der Waals surface area contributed by atoms with Crippen LogP contribution in [-0.2, 0) is 14.3 Å². The maximum Gasteiger partial charge on any atom is 0.243 e. The molecule has 2 atom stereocenters. The second kappa shape index (κ2) is 7.21. The van der Waals surface area contributed by atoms with Crippen LogP contribution in [0.5, 0.6) is 0 Å². The minimum absolute atomic E-state index is 0.0629. The third-order valence-corrected chi connectivity index (χ3v) is 2.45. The highest BCUT2D eigenvalue weighted by Crippen LogP contribution is 1.92. The summed E-state index contributed by atoms with van der Waals surface area (Å²) in [5, 5.41) is 9.07. The Hall–Kier alpha value is -1.18. The van der Waals surface area contributed by atoms with Crippen LogP contribution in [0.15, 0.2) is 0 Å². The first kappa shape index (κ1) is 13.9. The van der Waals surface area contributed by atoms with E-state index >= 15 is 0 Å². The average molecular weight is 244 g/mol. The van der Waals surface area contributed by atoms with E-state index in [9.17, 15) is 9.59 Å². The number of hydrogen-bond acceptors (Lipinski definition) is 5. The topological polar surface area (TPSA) is 105 Å². The number of rotatable bonds is 6. The molecule has 1 saturated heterocycles. The van der Waals surface area contributed by atoms with Crippen molar-refractivity contribution in [3.05, 3.63) is 0 Å². The van der Waals surface area contributed by atoms with Crippen molar-refractivity contribution in [2.75, 3.05) is 32.8 Å². The molecule has 0 radical (unpaired) electrons. The summed E-state index contributed by atoms with van der Waals surface area (Å²) in [5.41, 5.74) is 4.89. The lowest BCUT2D eigenvalue weighted by molar-refractivity contribution is -0.124. The molecule has 98 valence electrons. The van der Waals surface area contributed by atoms with Crippen molar-refractivity contribution in [3.8, 4) is 0 Å². The van der Waals surface area contributed by atoms with Gasteiger partial charge in [0.1, 0.15) is 6.61 Å². The van der Waals surface area contributed by atoms with E-state index in [2.05, 4.69) is 22.9 Å². The molecule has 0 saturated carbocycles. The quantitative estimate of drug-likeness (QED) is 0.388.